The Hall–Kier alpha value is -2.02. The SMILES string of the molecule is CCc1ccc(CN(C)C(=O)CSc2nnc(C(C)(C)C)n2N)cc1. The Kier molecular flexibility index (Phi) is 6.11. The van der Waals surface area contributed by atoms with Crippen LogP contribution in [-0.2, 0) is 23.2 Å². The highest BCUT2D eigenvalue weighted by molar-refractivity contribution is 7.99. The average molecular weight is 362 g/mol. The van der Waals surface area contributed by atoms with E-state index in [1.807, 2.05) is 27.8 Å². The number of thioether (sulfide) groups is 1. The first-order valence-corrected chi connectivity index (χ1v) is 9.36. The van der Waals surface area contributed by atoms with Gasteiger partial charge >= 0.3 is 0 Å². The van der Waals surface area contributed by atoms with Crippen LogP contribution in [0.25, 0.3) is 0 Å². The lowest BCUT2D eigenvalue weighted by Gasteiger charge is -2.18. The maximum atomic E-state index is 12.4. The van der Waals surface area contributed by atoms with Crippen molar-refractivity contribution in [2.45, 2.75) is 51.2 Å². The number of rotatable bonds is 6. The van der Waals surface area contributed by atoms with Crippen molar-refractivity contribution in [3.8, 4) is 0 Å². The third kappa shape index (κ3) is 4.98. The van der Waals surface area contributed by atoms with Crippen LogP contribution in [0.1, 0.15) is 44.6 Å². The Morgan fingerprint density at radius 2 is 1.80 bits per heavy atom. The van der Waals surface area contributed by atoms with E-state index in [0.29, 0.717) is 17.5 Å². The van der Waals surface area contributed by atoms with Crippen LogP contribution in [0.3, 0.4) is 0 Å². The van der Waals surface area contributed by atoms with E-state index in [1.165, 1.54) is 22.0 Å². The third-order valence-corrected chi connectivity index (χ3v) is 4.86. The van der Waals surface area contributed by atoms with E-state index < -0.39 is 0 Å². The number of nitrogen functional groups attached to an aromatic ring is 1. The van der Waals surface area contributed by atoms with Crippen molar-refractivity contribution in [1.29, 1.82) is 0 Å². The van der Waals surface area contributed by atoms with Gasteiger partial charge in [0, 0.05) is 19.0 Å². The van der Waals surface area contributed by atoms with Gasteiger partial charge in [-0.25, -0.2) is 4.68 Å². The van der Waals surface area contributed by atoms with E-state index in [-0.39, 0.29) is 17.1 Å². The van der Waals surface area contributed by atoms with Gasteiger partial charge in [0.25, 0.3) is 0 Å². The summed E-state index contributed by atoms with van der Waals surface area (Å²) in [6.45, 7) is 8.79. The number of benzene rings is 1. The smallest absolute Gasteiger partial charge is 0.233 e. The second-order valence-electron chi connectivity index (χ2n) is 7.13. The fraction of sp³-hybridized carbons (Fsp3) is 0.500. The molecule has 0 fully saturated rings. The van der Waals surface area contributed by atoms with E-state index in [0.717, 1.165) is 12.0 Å². The van der Waals surface area contributed by atoms with Crippen molar-refractivity contribution < 1.29 is 4.79 Å². The topological polar surface area (TPSA) is 77.0 Å². The van der Waals surface area contributed by atoms with Crippen molar-refractivity contribution in [3.63, 3.8) is 0 Å². The number of aryl methyl sites for hydroxylation is 1. The third-order valence-electron chi connectivity index (χ3n) is 3.94. The van der Waals surface area contributed by atoms with Crippen LogP contribution in [0.4, 0.5) is 0 Å². The normalized spacial score (nSPS) is 11.6. The van der Waals surface area contributed by atoms with Crippen LogP contribution in [-0.4, -0.2) is 38.5 Å². The molecule has 0 radical (unpaired) electrons. The molecular weight excluding hydrogens is 334 g/mol. The van der Waals surface area contributed by atoms with Crippen molar-refractivity contribution in [2.24, 2.45) is 0 Å². The predicted molar refractivity (Wildman–Crippen MR) is 102 cm³/mol. The Morgan fingerprint density at radius 1 is 1.20 bits per heavy atom. The highest BCUT2D eigenvalue weighted by Gasteiger charge is 2.23. The summed E-state index contributed by atoms with van der Waals surface area (Å²) in [7, 11) is 1.81. The summed E-state index contributed by atoms with van der Waals surface area (Å²) in [4.78, 5) is 14.1. The summed E-state index contributed by atoms with van der Waals surface area (Å²) >= 11 is 1.31. The average Bonchev–Trinajstić information content (AvgIpc) is 2.94. The minimum Gasteiger partial charge on any atom is -0.341 e. The molecule has 2 aromatic rings. The standard InChI is InChI=1S/C18H27N5OS/c1-6-13-7-9-14(10-8-13)11-22(5)15(24)12-25-17-21-20-16(23(17)19)18(2,3)4/h7-10H,6,11-12,19H2,1-5H3. The van der Waals surface area contributed by atoms with Crippen molar-refractivity contribution in [1.82, 2.24) is 19.8 Å². The summed E-state index contributed by atoms with van der Waals surface area (Å²) in [5, 5.41) is 8.79. The van der Waals surface area contributed by atoms with Crippen LogP contribution < -0.4 is 5.84 Å². The van der Waals surface area contributed by atoms with Gasteiger partial charge in [-0.1, -0.05) is 63.7 Å². The molecule has 0 aliphatic carbocycles. The molecule has 6 nitrogen and oxygen atoms in total. The molecule has 2 N–H and O–H groups in total. The molecular formula is C18H27N5OS. The zero-order valence-electron chi connectivity index (χ0n) is 15.6. The summed E-state index contributed by atoms with van der Waals surface area (Å²) < 4.78 is 1.47. The molecule has 0 aliphatic rings. The molecule has 1 heterocycles. The molecule has 1 amide bonds. The van der Waals surface area contributed by atoms with Gasteiger partial charge < -0.3 is 10.7 Å². The first kappa shape index (κ1) is 19.3. The van der Waals surface area contributed by atoms with Gasteiger partial charge in [-0.05, 0) is 17.5 Å². The number of nitrogens with zero attached hydrogens (tertiary/aromatic N) is 4. The second-order valence-corrected chi connectivity index (χ2v) is 8.08. The van der Waals surface area contributed by atoms with Gasteiger partial charge in [-0.3, -0.25) is 4.79 Å². The quantitative estimate of drug-likeness (QED) is 0.632. The Balaban J connectivity index is 1.92. The van der Waals surface area contributed by atoms with E-state index >= 15 is 0 Å². The van der Waals surface area contributed by atoms with Crippen LogP contribution in [0.2, 0.25) is 0 Å². The number of carbonyl (C=O) groups excluding carboxylic acids is 1. The molecule has 0 unspecified atom stereocenters. The van der Waals surface area contributed by atoms with Crippen LogP contribution in [0.5, 0.6) is 0 Å². The molecule has 136 valence electrons. The van der Waals surface area contributed by atoms with Crippen LogP contribution in [0.15, 0.2) is 29.4 Å². The molecule has 0 saturated carbocycles. The summed E-state index contributed by atoms with van der Waals surface area (Å²) in [5.41, 5.74) is 2.23. The number of aromatic nitrogens is 3. The van der Waals surface area contributed by atoms with Gasteiger partial charge in [0.05, 0.1) is 5.75 Å². The molecule has 1 aromatic heterocycles. The van der Waals surface area contributed by atoms with Crippen molar-refractivity contribution in [3.05, 3.63) is 41.2 Å². The van der Waals surface area contributed by atoms with Crippen LogP contribution >= 0.6 is 11.8 Å². The second kappa shape index (κ2) is 7.91. The molecule has 0 spiro atoms. The molecule has 0 aliphatic heterocycles. The Bertz CT molecular complexity index is 718. The molecule has 0 bridgehead atoms. The Labute approximate surface area is 153 Å². The van der Waals surface area contributed by atoms with Gasteiger partial charge in [0.15, 0.2) is 5.82 Å². The Morgan fingerprint density at radius 3 is 2.32 bits per heavy atom. The highest BCUT2D eigenvalue weighted by atomic mass is 32.2. The number of nitrogens with two attached hydrogens (primary N) is 1. The first-order chi connectivity index (χ1) is 11.7. The van der Waals surface area contributed by atoms with Crippen molar-refractivity contribution >= 4 is 17.7 Å². The lowest BCUT2D eigenvalue weighted by molar-refractivity contribution is -0.127. The lowest BCUT2D eigenvalue weighted by atomic mass is 9.96. The van der Waals surface area contributed by atoms with E-state index in [9.17, 15) is 4.79 Å². The molecule has 7 heteroatoms. The predicted octanol–water partition coefficient (Wildman–Crippen LogP) is 2.60. The number of hydrogen-bond acceptors (Lipinski definition) is 5. The number of amides is 1. The first-order valence-electron chi connectivity index (χ1n) is 8.38. The molecule has 0 atom stereocenters. The fourth-order valence-electron chi connectivity index (χ4n) is 2.37. The summed E-state index contributed by atoms with van der Waals surface area (Å²) in [6, 6.07) is 8.35. The van der Waals surface area contributed by atoms with Gasteiger partial charge in [-0.2, -0.15) is 0 Å². The molecule has 1 aromatic carbocycles. The van der Waals surface area contributed by atoms with Crippen LogP contribution in [0, 0.1) is 0 Å². The minimum absolute atomic E-state index is 0.0323. The zero-order chi connectivity index (χ0) is 18.6. The lowest BCUT2D eigenvalue weighted by Crippen LogP contribution is -2.28. The monoisotopic (exact) mass is 361 g/mol. The van der Waals surface area contributed by atoms with E-state index in [2.05, 4.69) is 41.4 Å². The fourth-order valence-corrected chi connectivity index (χ4v) is 3.16. The van der Waals surface area contributed by atoms with Gasteiger partial charge in [0.1, 0.15) is 0 Å². The van der Waals surface area contributed by atoms with Gasteiger partial charge in [0.2, 0.25) is 11.1 Å². The maximum absolute atomic E-state index is 12.4. The molecule has 2 rings (SSSR count). The minimum atomic E-state index is -0.188. The van der Waals surface area contributed by atoms with Crippen molar-refractivity contribution in [2.75, 3.05) is 18.6 Å². The van der Waals surface area contributed by atoms with E-state index in [4.69, 9.17) is 5.84 Å². The zero-order valence-corrected chi connectivity index (χ0v) is 16.4. The summed E-state index contributed by atoms with van der Waals surface area (Å²) in [5.74, 6) is 7.06. The largest absolute Gasteiger partial charge is 0.341 e. The number of carbonyl (C=O) groups is 1. The molecule has 0 saturated heterocycles. The van der Waals surface area contributed by atoms with E-state index in [1.54, 1.807) is 4.90 Å². The van der Waals surface area contributed by atoms with Gasteiger partial charge in [-0.15, -0.1) is 10.2 Å². The maximum Gasteiger partial charge on any atom is 0.233 e. The highest BCUT2D eigenvalue weighted by Crippen LogP contribution is 2.23. The number of hydrogen-bond donors (Lipinski definition) is 1. The molecule has 25 heavy (non-hydrogen) atoms. The summed E-state index contributed by atoms with van der Waals surface area (Å²) in [6.07, 6.45) is 1.02.